The van der Waals surface area contributed by atoms with Gasteiger partial charge in [-0.15, -0.1) is 0 Å². The van der Waals surface area contributed by atoms with Crippen molar-refractivity contribution in [2.45, 2.75) is 13.2 Å². The molecule has 1 aliphatic heterocycles. The Morgan fingerprint density at radius 1 is 0.837 bits per heavy atom. The minimum absolute atomic E-state index is 0.169. The minimum atomic E-state index is -1.02. The van der Waals surface area contributed by atoms with Gasteiger partial charge >= 0.3 is 11.9 Å². The lowest BCUT2D eigenvalue weighted by Gasteiger charge is -2.16. The minimum Gasteiger partial charge on any atom is -0.493 e. The van der Waals surface area contributed by atoms with E-state index in [2.05, 4.69) is 0 Å². The fourth-order valence-electron chi connectivity index (χ4n) is 4.23. The molecule has 2 N–H and O–H groups in total. The molecule has 0 unspecified atom stereocenters. The monoisotopic (exact) mass is 594 g/mol. The van der Waals surface area contributed by atoms with Crippen LogP contribution in [0.5, 0.6) is 11.5 Å². The van der Waals surface area contributed by atoms with Crippen molar-refractivity contribution in [2.75, 3.05) is 7.11 Å². The Morgan fingerprint density at radius 3 is 2.07 bits per heavy atom. The predicted octanol–water partition coefficient (Wildman–Crippen LogP) is 6.47. The van der Waals surface area contributed by atoms with E-state index < -0.39 is 11.9 Å². The Kier molecular flexibility index (Phi) is 8.88. The van der Waals surface area contributed by atoms with Crippen LogP contribution in [0.15, 0.2) is 107 Å². The largest absolute Gasteiger partial charge is 0.493 e. The summed E-state index contributed by atoms with van der Waals surface area (Å²) in [7, 11) is 1.53. The fourth-order valence-corrected chi connectivity index (χ4v) is 5.23. The maximum absolute atomic E-state index is 13.6. The van der Waals surface area contributed by atoms with Crippen LogP contribution in [0.1, 0.15) is 37.4 Å². The molecule has 0 radical (unpaired) electrons. The SMILES string of the molecule is COc1cc(/C=C2\SC(=Nc3ccccc3)N(Cc3ccc(C(=O)O)cc3)C2=O)ccc1OCc1ccc(C(=O)O)cc1. The first kappa shape index (κ1) is 29.2. The zero-order chi connectivity index (χ0) is 30.3. The molecule has 1 amide bonds. The third-order valence-electron chi connectivity index (χ3n) is 6.49. The van der Waals surface area contributed by atoms with Crippen molar-refractivity contribution >= 4 is 46.5 Å². The molecule has 0 atom stereocenters. The number of carbonyl (C=O) groups is 3. The van der Waals surface area contributed by atoms with Crippen molar-refractivity contribution < 1.29 is 34.1 Å². The average molecular weight is 595 g/mol. The Labute approximate surface area is 251 Å². The molecule has 43 heavy (non-hydrogen) atoms. The summed E-state index contributed by atoms with van der Waals surface area (Å²) in [6.45, 7) is 0.436. The molecular weight excluding hydrogens is 568 g/mol. The number of nitrogens with zero attached hydrogens (tertiary/aromatic N) is 2. The third kappa shape index (κ3) is 7.11. The summed E-state index contributed by atoms with van der Waals surface area (Å²) in [5, 5.41) is 18.8. The van der Waals surface area contributed by atoms with Crippen LogP contribution in [-0.4, -0.2) is 45.2 Å². The van der Waals surface area contributed by atoms with Gasteiger partial charge in [0.2, 0.25) is 0 Å². The lowest BCUT2D eigenvalue weighted by molar-refractivity contribution is -0.122. The van der Waals surface area contributed by atoms with E-state index in [-0.39, 0.29) is 30.2 Å². The molecular formula is C33H26N2O7S. The highest BCUT2D eigenvalue weighted by Crippen LogP contribution is 2.37. The standard InChI is InChI=1S/C33H26N2O7S/c1-41-28-17-23(11-16-27(28)42-20-22-9-14-25(15-10-22)32(39)40)18-29-30(36)35(19-21-7-12-24(13-8-21)31(37)38)33(43-29)34-26-5-3-2-4-6-26/h2-18H,19-20H2,1H3,(H,37,38)(H,39,40)/b29-18-,34-33?. The zero-order valence-corrected chi connectivity index (χ0v) is 23.8. The second-order valence-electron chi connectivity index (χ2n) is 9.43. The van der Waals surface area contributed by atoms with Crippen molar-refractivity contribution in [1.29, 1.82) is 0 Å². The fraction of sp³-hybridized carbons (Fsp3) is 0.0909. The number of carboxylic acids is 2. The highest BCUT2D eigenvalue weighted by atomic mass is 32.2. The quantitative estimate of drug-likeness (QED) is 0.200. The molecule has 216 valence electrons. The number of rotatable bonds is 10. The number of aromatic carboxylic acids is 2. The van der Waals surface area contributed by atoms with Gasteiger partial charge in [0.1, 0.15) is 6.61 Å². The molecule has 10 heteroatoms. The van der Waals surface area contributed by atoms with Gasteiger partial charge < -0.3 is 19.7 Å². The number of amidine groups is 1. The first-order chi connectivity index (χ1) is 20.8. The number of methoxy groups -OCH3 is 1. The highest BCUT2D eigenvalue weighted by Gasteiger charge is 2.33. The lowest BCUT2D eigenvalue weighted by atomic mass is 10.1. The number of carbonyl (C=O) groups excluding carboxylic acids is 1. The van der Waals surface area contributed by atoms with Crippen LogP contribution in [0, 0.1) is 0 Å². The molecule has 4 aromatic carbocycles. The van der Waals surface area contributed by atoms with Crippen LogP contribution in [-0.2, 0) is 17.9 Å². The number of ether oxygens (including phenoxy) is 2. The predicted molar refractivity (Wildman–Crippen MR) is 164 cm³/mol. The summed E-state index contributed by atoms with van der Waals surface area (Å²) in [5.74, 6) is -1.27. The van der Waals surface area contributed by atoms with Crippen LogP contribution in [0.2, 0.25) is 0 Å². The van der Waals surface area contributed by atoms with Gasteiger partial charge in [0, 0.05) is 0 Å². The normalized spacial score (nSPS) is 14.7. The zero-order valence-electron chi connectivity index (χ0n) is 23.0. The summed E-state index contributed by atoms with van der Waals surface area (Å²) in [6.07, 6.45) is 1.76. The van der Waals surface area contributed by atoms with Crippen molar-refractivity contribution in [2.24, 2.45) is 4.99 Å². The van der Waals surface area contributed by atoms with Gasteiger partial charge in [-0.2, -0.15) is 0 Å². The smallest absolute Gasteiger partial charge is 0.335 e. The maximum atomic E-state index is 13.6. The van der Waals surface area contributed by atoms with E-state index in [1.807, 2.05) is 36.4 Å². The first-order valence-corrected chi connectivity index (χ1v) is 13.9. The van der Waals surface area contributed by atoms with E-state index in [1.165, 1.54) is 43.1 Å². The van der Waals surface area contributed by atoms with Crippen molar-refractivity contribution in [1.82, 2.24) is 4.90 Å². The molecule has 0 spiro atoms. The molecule has 9 nitrogen and oxygen atoms in total. The number of carboxylic acid groups (broad SMARTS) is 2. The van der Waals surface area contributed by atoms with Crippen LogP contribution in [0.25, 0.3) is 6.08 Å². The molecule has 0 aromatic heterocycles. The summed E-state index contributed by atoms with van der Waals surface area (Å²) >= 11 is 1.25. The number of thioether (sulfide) groups is 1. The molecule has 0 saturated carbocycles. The second-order valence-corrected chi connectivity index (χ2v) is 10.4. The van der Waals surface area contributed by atoms with Crippen LogP contribution >= 0.6 is 11.8 Å². The summed E-state index contributed by atoms with van der Waals surface area (Å²) in [6, 6.07) is 27.5. The Balaban J connectivity index is 1.37. The maximum Gasteiger partial charge on any atom is 0.335 e. The molecule has 1 fully saturated rings. The van der Waals surface area contributed by atoms with Gasteiger partial charge in [-0.25, -0.2) is 14.6 Å². The van der Waals surface area contributed by atoms with E-state index in [9.17, 15) is 19.5 Å². The Bertz CT molecular complexity index is 1720. The topological polar surface area (TPSA) is 126 Å². The Morgan fingerprint density at radius 2 is 1.47 bits per heavy atom. The van der Waals surface area contributed by atoms with Crippen LogP contribution in [0.4, 0.5) is 5.69 Å². The molecule has 4 aromatic rings. The molecule has 1 heterocycles. The lowest BCUT2D eigenvalue weighted by Crippen LogP contribution is -2.28. The first-order valence-electron chi connectivity index (χ1n) is 13.1. The number of amides is 1. The number of para-hydroxylation sites is 1. The number of aliphatic imine (C=N–C) groups is 1. The average Bonchev–Trinajstić information content (AvgIpc) is 3.29. The van der Waals surface area contributed by atoms with Crippen LogP contribution < -0.4 is 9.47 Å². The van der Waals surface area contributed by atoms with Gasteiger partial charge in [-0.1, -0.05) is 48.5 Å². The number of hydrogen-bond donors (Lipinski definition) is 2. The summed E-state index contributed by atoms with van der Waals surface area (Å²) in [4.78, 5) is 42.7. The second kappa shape index (κ2) is 13.1. The molecule has 5 rings (SSSR count). The number of benzene rings is 4. The molecule has 1 saturated heterocycles. The highest BCUT2D eigenvalue weighted by molar-refractivity contribution is 8.18. The van der Waals surface area contributed by atoms with E-state index in [0.717, 1.165) is 16.7 Å². The van der Waals surface area contributed by atoms with Gasteiger partial charge in [0.05, 0.1) is 35.4 Å². The molecule has 0 bridgehead atoms. The van der Waals surface area contributed by atoms with Gasteiger partial charge in [0.15, 0.2) is 16.7 Å². The van der Waals surface area contributed by atoms with E-state index >= 15 is 0 Å². The summed E-state index contributed by atoms with van der Waals surface area (Å²) < 4.78 is 11.5. The van der Waals surface area contributed by atoms with Crippen molar-refractivity contribution in [3.05, 3.63) is 130 Å². The van der Waals surface area contributed by atoms with Crippen molar-refractivity contribution in [3.63, 3.8) is 0 Å². The Hall–Kier alpha value is -5.35. The van der Waals surface area contributed by atoms with Gasteiger partial charge in [0.25, 0.3) is 5.91 Å². The van der Waals surface area contributed by atoms with Crippen molar-refractivity contribution in [3.8, 4) is 11.5 Å². The van der Waals surface area contributed by atoms with E-state index in [4.69, 9.17) is 19.6 Å². The summed E-state index contributed by atoms with van der Waals surface area (Å²) in [5.41, 5.74) is 3.35. The van der Waals surface area contributed by atoms with Crippen LogP contribution in [0.3, 0.4) is 0 Å². The number of hydrogen-bond acceptors (Lipinski definition) is 7. The van der Waals surface area contributed by atoms with E-state index in [1.54, 1.807) is 47.4 Å². The third-order valence-corrected chi connectivity index (χ3v) is 7.50. The van der Waals surface area contributed by atoms with Gasteiger partial charge in [-0.3, -0.25) is 9.69 Å². The van der Waals surface area contributed by atoms with Gasteiger partial charge in [-0.05, 0) is 83.1 Å². The molecule has 0 aliphatic carbocycles. The van der Waals surface area contributed by atoms with E-state index in [0.29, 0.717) is 27.3 Å². The molecule has 1 aliphatic rings.